The van der Waals surface area contributed by atoms with Gasteiger partial charge in [0.2, 0.25) is 0 Å². The van der Waals surface area contributed by atoms with Crippen LogP contribution in [-0.4, -0.2) is 28.6 Å². The lowest BCUT2D eigenvalue weighted by atomic mass is 9.94. The maximum Gasteiger partial charge on any atom is 0.504 e. The fourth-order valence-electron chi connectivity index (χ4n) is 3.98. The van der Waals surface area contributed by atoms with Crippen molar-refractivity contribution in [1.29, 1.82) is 0 Å². The highest BCUT2D eigenvalue weighted by Gasteiger charge is 2.59. The van der Waals surface area contributed by atoms with Gasteiger partial charge in [0.25, 0.3) is 0 Å². The monoisotopic (exact) mass is 284 g/mol. The van der Waals surface area contributed by atoms with Gasteiger partial charge in [0.1, 0.15) is 0 Å². The summed E-state index contributed by atoms with van der Waals surface area (Å²) in [5, 5.41) is 0. The Bertz CT molecular complexity index is 312. The van der Waals surface area contributed by atoms with Gasteiger partial charge in [-0.15, -0.1) is 0 Å². The van der Waals surface area contributed by atoms with Gasteiger partial charge >= 0.3 is 8.80 Å². The molecule has 4 heteroatoms. The molecular weight excluding hydrogens is 256 g/mol. The number of hydrogen-bond acceptors (Lipinski definition) is 3. The summed E-state index contributed by atoms with van der Waals surface area (Å²) in [5.74, 6) is 1.47. The summed E-state index contributed by atoms with van der Waals surface area (Å²) in [6.07, 6.45) is 6.13. The molecule has 2 bridgehead atoms. The lowest BCUT2D eigenvalue weighted by Gasteiger charge is -2.38. The highest BCUT2D eigenvalue weighted by atomic mass is 28.4. The van der Waals surface area contributed by atoms with E-state index in [9.17, 15) is 0 Å². The zero-order valence-electron chi connectivity index (χ0n) is 12.8. The molecule has 0 heterocycles. The minimum Gasteiger partial charge on any atom is -0.374 e. The number of rotatable bonds is 7. The largest absolute Gasteiger partial charge is 0.504 e. The molecule has 2 saturated carbocycles. The van der Waals surface area contributed by atoms with Gasteiger partial charge in [-0.2, -0.15) is 0 Å². The van der Waals surface area contributed by atoms with Crippen LogP contribution in [0, 0.1) is 11.8 Å². The molecule has 0 amide bonds. The molecule has 2 aliphatic rings. The van der Waals surface area contributed by atoms with Gasteiger partial charge in [-0.3, -0.25) is 0 Å². The molecule has 3 atom stereocenters. The maximum atomic E-state index is 6.11. The predicted molar refractivity (Wildman–Crippen MR) is 79.0 cm³/mol. The first kappa shape index (κ1) is 15.2. The topological polar surface area (TPSA) is 27.7 Å². The van der Waals surface area contributed by atoms with Gasteiger partial charge in [-0.25, -0.2) is 0 Å². The van der Waals surface area contributed by atoms with Crippen LogP contribution in [0.5, 0.6) is 0 Å². The van der Waals surface area contributed by atoms with Crippen molar-refractivity contribution < 1.29 is 13.3 Å². The smallest absolute Gasteiger partial charge is 0.374 e. The molecule has 2 aliphatic carbocycles. The Labute approximate surface area is 118 Å². The zero-order valence-corrected chi connectivity index (χ0v) is 13.8. The van der Waals surface area contributed by atoms with E-state index in [0.29, 0.717) is 31.3 Å². The molecule has 0 saturated heterocycles. The average molecular weight is 284 g/mol. The molecule has 0 radical (unpaired) electrons. The Balaban J connectivity index is 2.22. The van der Waals surface area contributed by atoms with Crippen LogP contribution in [0.2, 0.25) is 5.54 Å². The summed E-state index contributed by atoms with van der Waals surface area (Å²) in [4.78, 5) is 0. The zero-order chi connectivity index (χ0) is 13.9. The Morgan fingerprint density at radius 3 is 2.05 bits per heavy atom. The van der Waals surface area contributed by atoms with E-state index in [4.69, 9.17) is 13.3 Å². The van der Waals surface area contributed by atoms with Crippen molar-refractivity contribution in [1.82, 2.24) is 0 Å². The Kier molecular flexibility index (Phi) is 5.23. The molecule has 0 aromatic carbocycles. The summed E-state index contributed by atoms with van der Waals surface area (Å²) < 4.78 is 18.3. The maximum absolute atomic E-state index is 6.11. The molecule has 0 spiro atoms. The van der Waals surface area contributed by atoms with Gasteiger partial charge in [0.05, 0.1) is 0 Å². The van der Waals surface area contributed by atoms with Gasteiger partial charge in [-0.1, -0.05) is 11.6 Å². The van der Waals surface area contributed by atoms with E-state index < -0.39 is 8.80 Å². The summed E-state index contributed by atoms with van der Waals surface area (Å²) in [6.45, 7) is 10.4. The first-order chi connectivity index (χ1) is 9.20. The highest BCUT2D eigenvalue weighted by Crippen LogP contribution is 2.58. The van der Waals surface area contributed by atoms with E-state index in [2.05, 4.69) is 13.0 Å². The summed E-state index contributed by atoms with van der Waals surface area (Å²) >= 11 is 0. The average Bonchev–Trinajstić information content (AvgIpc) is 2.99. The van der Waals surface area contributed by atoms with E-state index in [-0.39, 0.29) is 0 Å². The van der Waals surface area contributed by atoms with E-state index in [1.807, 2.05) is 20.8 Å². The number of fused-ring (bicyclic) bond motifs is 2. The standard InChI is InChI=1S/C15H28O3Si/c1-5-13-9-12-10-14(13)15(11-12)19(16-6-2,17-7-3)18-8-4/h5,12,14-15H,6-11H2,1-4H3. The molecule has 0 aliphatic heterocycles. The van der Waals surface area contributed by atoms with Crippen molar-refractivity contribution in [3.05, 3.63) is 11.6 Å². The first-order valence-corrected chi connectivity index (χ1v) is 9.57. The second-order valence-electron chi connectivity index (χ2n) is 5.52. The van der Waals surface area contributed by atoms with Crippen LogP contribution in [0.3, 0.4) is 0 Å². The summed E-state index contributed by atoms with van der Waals surface area (Å²) in [6, 6.07) is 0. The van der Waals surface area contributed by atoms with Crippen LogP contribution >= 0.6 is 0 Å². The lowest BCUT2D eigenvalue weighted by molar-refractivity contribution is 0.0564. The highest BCUT2D eigenvalue weighted by molar-refractivity contribution is 6.62. The van der Waals surface area contributed by atoms with E-state index >= 15 is 0 Å². The summed E-state index contributed by atoms with van der Waals surface area (Å²) in [7, 11) is -2.52. The minimum atomic E-state index is -2.52. The third-order valence-corrected chi connectivity index (χ3v) is 8.14. The molecule has 0 aromatic rings. The van der Waals surface area contributed by atoms with Crippen LogP contribution in [-0.2, 0) is 13.3 Å². The van der Waals surface area contributed by atoms with Crippen molar-refractivity contribution in [2.45, 2.75) is 52.5 Å². The number of hydrogen-bond donors (Lipinski definition) is 0. The quantitative estimate of drug-likeness (QED) is 0.526. The molecule has 110 valence electrons. The molecule has 0 N–H and O–H groups in total. The van der Waals surface area contributed by atoms with Gasteiger partial charge in [0.15, 0.2) is 0 Å². The molecular formula is C15H28O3Si. The molecule has 2 rings (SSSR count). The van der Waals surface area contributed by atoms with Gasteiger partial charge in [0, 0.05) is 25.4 Å². The predicted octanol–water partition coefficient (Wildman–Crippen LogP) is 3.78. The van der Waals surface area contributed by atoms with Crippen LogP contribution in [0.1, 0.15) is 47.0 Å². The van der Waals surface area contributed by atoms with Crippen LogP contribution < -0.4 is 0 Å². The second kappa shape index (κ2) is 6.53. The van der Waals surface area contributed by atoms with Crippen molar-refractivity contribution in [3.8, 4) is 0 Å². The van der Waals surface area contributed by atoms with Crippen molar-refractivity contribution in [2.75, 3.05) is 19.8 Å². The molecule has 19 heavy (non-hydrogen) atoms. The molecule has 2 fully saturated rings. The molecule has 3 unspecified atom stereocenters. The Morgan fingerprint density at radius 2 is 1.63 bits per heavy atom. The van der Waals surface area contributed by atoms with Crippen LogP contribution in [0.15, 0.2) is 11.6 Å². The van der Waals surface area contributed by atoms with Crippen molar-refractivity contribution in [3.63, 3.8) is 0 Å². The van der Waals surface area contributed by atoms with Gasteiger partial charge in [-0.05, 0) is 58.8 Å². The van der Waals surface area contributed by atoms with Crippen LogP contribution in [0.4, 0.5) is 0 Å². The van der Waals surface area contributed by atoms with Crippen molar-refractivity contribution in [2.24, 2.45) is 11.8 Å². The Hall–Kier alpha value is -0.163. The molecule has 3 nitrogen and oxygen atoms in total. The fourth-order valence-corrected chi connectivity index (χ4v) is 7.54. The Morgan fingerprint density at radius 1 is 1.05 bits per heavy atom. The first-order valence-electron chi connectivity index (χ1n) is 7.77. The van der Waals surface area contributed by atoms with Crippen LogP contribution in [0.25, 0.3) is 0 Å². The van der Waals surface area contributed by atoms with E-state index in [1.165, 1.54) is 19.3 Å². The summed E-state index contributed by atoms with van der Waals surface area (Å²) in [5.41, 5.74) is 2.09. The van der Waals surface area contributed by atoms with E-state index in [1.54, 1.807) is 5.57 Å². The second-order valence-corrected chi connectivity index (χ2v) is 8.34. The van der Waals surface area contributed by atoms with E-state index in [0.717, 1.165) is 5.92 Å². The number of allylic oxidation sites excluding steroid dienone is 2. The fraction of sp³-hybridized carbons (Fsp3) is 0.867. The third-order valence-electron chi connectivity index (χ3n) is 4.52. The minimum absolute atomic E-state index is 0.484. The lowest BCUT2D eigenvalue weighted by Crippen LogP contribution is -2.52. The normalized spacial score (nSPS) is 32.4. The van der Waals surface area contributed by atoms with Crippen molar-refractivity contribution >= 4 is 8.80 Å². The SMILES string of the molecule is CC=C1CC2CC1C([Si](OCC)(OCC)OCC)C2. The molecule has 0 aromatic heterocycles. The van der Waals surface area contributed by atoms with Gasteiger partial charge < -0.3 is 13.3 Å². The third kappa shape index (κ3) is 2.82.